The Labute approximate surface area is 145 Å². The molecule has 0 spiro atoms. The largest absolute Gasteiger partial charge is 0.318 e. The van der Waals surface area contributed by atoms with E-state index in [0.717, 1.165) is 22.6 Å². The van der Waals surface area contributed by atoms with Crippen molar-refractivity contribution in [3.8, 4) is 5.69 Å². The maximum Gasteiger partial charge on any atom is 0.263 e. The molecule has 3 nitrogen and oxygen atoms in total. The average molecular weight is 342 g/mol. The second kappa shape index (κ2) is 5.98. The lowest BCUT2D eigenvalue weighted by molar-refractivity contribution is -0.115. The molecule has 118 valence electrons. The molecule has 1 saturated heterocycles. The van der Waals surface area contributed by atoms with Gasteiger partial charge in [-0.3, -0.25) is 4.79 Å². The third-order valence-electron chi connectivity index (χ3n) is 4.15. The van der Waals surface area contributed by atoms with E-state index in [0.29, 0.717) is 9.23 Å². The van der Waals surface area contributed by atoms with Crippen molar-refractivity contribution in [3.63, 3.8) is 0 Å². The van der Waals surface area contributed by atoms with E-state index in [1.807, 2.05) is 6.08 Å². The predicted molar refractivity (Wildman–Crippen MR) is 101 cm³/mol. The molecule has 0 unspecified atom stereocenters. The van der Waals surface area contributed by atoms with Gasteiger partial charge in [0.25, 0.3) is 5.91 Å². The van der Waals surface area contributed by atoms with Crippen molar-refractivity contribution in [1.29, 1.82) is 0 Å². The molecule has 1 aromatic carbocycles. The lowest BCUT2D eigenvalue weighted by Crippen LogP contribution is -2.17. The molecule has 0 bridgehead atoms. The number of hydrogen-bond acceptors (Lipinski definition) is 3. The summed E-state index contributed by atoms with van der Waals surface area (Å²) in [6.45, 7) is 8.39. The molecule has 0 aliphatic carbocycles. The van der Waals surface area contributed by atoms with Crippen molar-refractivity contribution in [3.05, 3.63) is 57.2 Å². The topological polar surface area (TPSA) is 34.0 Å². The van der Waals surface area contributed by atoms with Crippen molar-refractivity contribution < 1.29 is 4.79 Å². The van der Waals surface area contributed by atoms with Gasteiger partial charge in [0.05, 0.1) is 4.91 Å². The van der Waals surface area contributed by atoms with Gasteiger partial charge >= 0.3 is 0 Å². The molecule has 1 fully saturated rings. The SMILES string of the molecule is Cc1ccc(-n2c(C)cc(/C=C3/SC(=S)NC3=O)c2C)cc1C. The minimum Gasteiger partial charge on any atom is -0.318 e. The van der Waals surface area contributed by atoms with Gasteiger partial charge in [-0.15, -0.1) is 0 Å². The molecule has 5 heteroatoms. The van der Waals surface area contributed by atoms with Gasteiger partial charge in [0.2, 0.25) is 0 Å². The number of nitrogens with zero attached hydrogens (tertiary/aromatic N) is 1. The summed E-state index contributed by atoms with van der Waals surface area (Å²) in [5.41, 5.74) is 7.00. The fraction of sp³-hybridized carbons (Fsp3) is 0.222. The molecule has 1 aromatic heterocycles. The highest BCUT2D eigenvalue weighted by Gasteiger charge is 2.23. The highest BCUT2D eigenvalue weighted by molar-refractivity contribution is 8.26. The van der Waals surface area contributed by atoms with Crippen molar-refractivity contribution in [2.75, 3.05) is 0 Å². The lowest BCUT2D eigenvalue weighted by Gasteiger charge is -2.11. The monoisotopic (exact) mass is 342 g/mol. The molecule has 1 aliphatic heterocycles. The number of thioether (sulfide) groups is 1. The Morgan fingerprint density at radius 3 is 2.48 bits per heavy atom. The van der Waals surface area contributed by atoms with Crippen molar-refractivity contribution in [1.82, 2.24) is 9.88 Å². The van der Waals surface area contributed by atoms with Crippen LogP contribution in [0.3, 0.4) is 0 Å². The van der Waals surface area contributed by atoms with E-state index in [-0.39, 0.29) is 5.91 Å². The van der Waals surface area contributed by atoms with Crippen LogP contribution in [0.25, 0.3) is 11.8 Å². The Balaban J connectivity index is 2.06. The summed E-state index contributed by atoms with van der Waals surface area (Å²) < 4.78 is 2.73. The number of rotatable bonds is 2. The predicted octanol–water partition coefficient (Wildman–Crippen LogP) is 4.20. The number of benzene rings is 1. The molecular formula is C18H18N2OS2. The van der Waals surface area contributed by atoms with Crippen LogP contribution in [-0.4, -0.2) is 14.8 Å². The maximum absolute atomic E-state index is 11.8. The fourth-order valence-electron chi connectivity index (χ4n) is 2.76. The first-order valence-electron chi connectivity index (χ1n) is 7.38. The highest BCUT2D eigenvalue weighted by Crippen LogP contribution is 2.29. The molecule has 0 atom stereocenters. The molecule has 1 amide bonds. The molecule has 1 N–H and O–H groups in total. The molecule has 1 aliphatic rings. The minimum absolute atomic E-state index is 0.115. The summed E-state index contributed by atoms with van der Waals surface area (Å²) in [6.07, 6.45) is 1.92. The van der Waals surface area contributed by atoms with E-state index in [2.05, 4.69) is 61.8 Å². The third kappa shape index (κ3) is 2.99. The lowest BCUT2D eigenvalue weighted by atomic mass is 10.1. The molecule has 0 saturated carbocycles. The van der Waals surface area contributed by atoms with Gasteiger partial charge in [-0.25, -0.2) is 0 Å². The standard InChI is InChI=1S/C18H18N2OS2/c1-10-5-6-15(7-11(10)2)20-12(3)8-14(13(20)4)9-16-17(21)19-18(22)23-16/h5-9H,1-4H3,(H,19,21,22)/b16-9+. The van der Waals surface area contributed by atoms with Gasteiger partial charge in [0.15, 0.2) is 0 Å². The number of hydrogen-bond donors (Lipinski definition) is 1. The Kier molecular flexibility index (Phi) is 4.17. The van der Waals surface area contributed by atoms with E-state index >= 15 is 0 Å². The van der Waals surface area contributed by atoms with E-state index < -0.39 is 0 Å². The van der Waals surface area contributed by atoms with Crippen LogP contribution in [0.5, 0.6) is 0 Å². The van der Waals surface area contributed by atoms with Gasteiger partial charge in [0, 0.05) is 17.1 Å². The molecule has 2 aromatic rings. The van der Waals surface area contributed by atoms with Crippen LogP contribution in [-0.2, 0) is 4.79 Å². The molecule has 0 radical (unpaired) electrons. The van der Waals surface area contributed by atoms with Crippen LogP contribution in [0.2, 0.25) is 0 Å². The number of nitrogens with one attached hydrogen (secondary N) is 1. The molecular weight excluding hydrogens is 324 g/mol. The zero-order valence-electron chi connectivity index (χ0n) is 13.6. The Bertz CT molecular complexity index is 862. The Hall–Kier alpha value is -1.85. The van der Waals surface area contributed by atoms with Crippen molar-refractivity contribution in [2.24, 2.45) is 0 Å². The highest BCUT2D eigenvalue weighted by atomic mass is 32.2. The number of aromatic nitrogens is 1. The van der Waals surface area contributed by atoms with Crippen LogP contribution >= 0.6 is 24.0 Å². The Morgan fingerprint density at radius 1 is 1.13 bits per heavy atom. The van der Waals surface area contributed by atoms with Crippen LogP contribution in [0, 0.1) is 27.7 Å². The molecule has 3 rings (SSSR count). The fourth-order valence-corrected chi connectivity index (χ4v) is 3.79. The summed E-state index contributed by atoms with van der Waals surface area (Å²) in [4.78, 5) is 12.5. The quantitative estimate of drug-likeness (QED) is 0.656. The van der Waals surface area contributed by atoms with Gasteiger partial charge in [-0.1, -0.05) is 30.0 Å². The van der Waals surface area contributed by atoms with Crippen LogP contribution in [0.4, 0.5) is 0 Å². The minimum atomic E-state index is -0.115. The summed E-state index contributed by atoms with van der Waals surface area (Å²) in [5.74, 6) is -0.115. The zero-order valence-corrected chi connectivity index (χ0v) is 15.2. The number of aryl methyl sites for hydroxylation is 3. The van der Waals surface area contributed by atoms with Gasteiger partial charge in [-0.05, 0) is 68.7 Å². The van der Waals surface area contributed by atoms with Crippen molar-refractivity contribution >= 4 is 40.3 Å². The maximum atomic E-state index is 11.8. The normalized spacial score (nSPS) is 16.3. The zero-order chi connectivity index (χ0) is 16.7. The number of amides is 1. The third-order valence-corrected chi connectivity index (χ3v) is 5.31. The van der Waals surface area contributed by atoms with Crippen LogP contribution in [0.1, 0.15) is 28.1 Å². The Morgan fingerprint density at radius 2 is 1.87 bits per heavy atom. The molecule has 2 heterocycles. The second-order valence-corrected chi connectivity index (χ2v) is 7.50. The summed E-state index contributed by atoms with van der Waals surface area (Å²) >= 11 is 6.36. The first-order chi connectivity index (χ1) is 10.9. The van der Waals surface area contributed by atoms with Gasteiger partial charge in [-0.2, -0.15) is 0 Å². The van der Waals surface area contributed by atoms with E-state index in [9.17, 15) is 4.79 Å². The van der Waals surface area contributed by atoms with Crippen LogP contribution in [0.15, 0.2) is 29.2 Å². The number of carbonyl (C=O) groups is 1. The molecule has 23 heavy (non-hydrogen) atoms. The smallest absolute Gasteiger partial charge is 0.263 e. The summed E-state index contributed by atoms with van der Waals surface area (Å²) in [6, 6.07) is 8.57. The number of carbonyl (C=O) groups excluding carboxylic acids is 1. The second-order valence-electron chi connectivity index (χ2n) is 5.78. The van der Waals surface area contributed by atoms with E-state index in [4.69, 9.17) is 12.2 Å². The summed E-state index contributed by atoms with van der Waals surface area (Å²) in [7, 11) is 0. The average Bonchev–Trinajstić information content (AvgIpc) is 2.93. The first kappa shape index (κ1) is 16.0. The number of thiocarbonyl (C=S) groups is 1. The van der Waals surface area contributed by atoms with E-state index in [1.54, 1.807) is 0 Å². The van der Waals surface area contributed by atoms with Crippen molar-refractivity contribution in [2.45, 2.75) is 27.7 Å². The van der Waals surface area contributed by atoms with Gasteiger partial charge in [0.1, 0.15) is 4.32 Å². The summed E-state index contributed by atoms with van der Waals surface area (Å²) in [5, 5.41) is 2.65. The first-order valence-corrected chi connectivity index (χ1v) is 8.60. The van der Waals surface area contributed by atoms with Gasteiger partial charge < -0.3 is 9.88 Å². The van der Waals surface area contributed by atoms with Crippen LogP contribution < -0.4 is 5.32 Å². The van der Waals surface area contributed by atoms with E-state index in [1.165, 1.54) is 22.9 Å².